The van der Waals surface area contributed by atoms with Crippen molar-refractivity contribution < 1.29 is 43.0 Å². The van der Waals surface area contributed by atoms with Gasteiger partial charge in [-0.25, -0.2) is 4.57 Å². The predicted molar refractivity (Wildman–Crippen MR) is 237 cm³/mol. The number of ether oxygens (including phenoxy) is 2. The highest BCUT2D eigenvalue weighted by Crippen LogP contribution is 2.43. The van der Waals surface area contributed by atoms with Gasteiger partial charge in [0.1, 0.15) is 12.2 Å². The largest absolute Gasteiger partial charge is 0.472 e. The highest BCUT2D eigenvalue weighted by molar-refractivity contribution is 7.47. The van der Waals surface area contributed by atoms with Gasteiger partial charge in [-0.15, -0.1) is 0 Å². The molecule has 3 atom stereocenters. The summed E-state index contributed by atoms with van der Waals surface area (Å²) in [5.74, 6) is -0.413. The fourth-order valence-electron chi connectivity index (χ4n) is 5.47. The first-order valence-electron chi connectivity index (χ1n) is 22.1. The molecule has 3 unspecified atom stereocenters. The molecule has 0 aromatic carbocycles. The summed E-state index contributed by atoms with van der Waals surface area (Å²) in [5.41, 5.74) is 0. The highest BCUT2D eigenvalue weighted by Gasteiger charge is 2.26. The molecule has 328 valence electrons. The van der Waals surface area contributed by atoms with E-state index in [0.29, 0.717) is 13.0 Å². The number of carbonyl (C=O) groups is 1. The van der Waals surface area contributed by atoms with Crippen molar-refractivity contribution in [1.82, 2.24) is 0 Å². The fourth-order valence-corrected chi connectivity index (χ4v) is 6.26. The lowest BCUT2D eigenvalue weighted by atomic mass is 10.1. The average molecular weight is 821 g/mol. The molecule has 0 rings (SSSR count). The number of aliphatic hydroxyl groups is 2. The summed E-state index contributed by atoms with van der Waals surface area (Å²) >= 11 is 0. The summed E-state index contributed by atoms with van der Waals surface area (Å²) in [4.78, 5) is 22.6. The molecule has 3 N–H and O–H groups in total. The number of carbonyl (C=O) groups excluding carboxylic acids is 1. The van der Waals surface area contributed by atoms with Crippen LogP contribution in [0.1, 0.15) is 162 Å². The van der Waals surface area contributed by atoms with Crippen LogP contribution in [-0.2, 0) is 27.9 Å². The number of unbranched alkanes of at least 4 members (excludes halogenated alkanes) is 13. The lowest BCUT2D eigenvalue weighted by Gasteiger charge is -2.20. The molecule has 0 aliphatic carbocycles. The molecule has 0 amide bonds. The van der Waals surface area contributed by atoms with Gasteiger partial charge in [0.2, 0.25) is 0 Å². The van der Waals surface area contributed by atoms with Crippen LogP contribution in [-0.4, -0.2) is 66.3 Å². The molecule has 0 heterocycles. The normalized spacial score (nSPS) is 14.8. The number of hydrogen-bond donors (Lipinski definition) is 3. The van der Waals surface area contributed by atoms with Crippen molar-refractivity contribution in [3.8, 4) is 0 Å². The maximum absolute atomic E-state index is 12.6. The Morgan fingerprint density at radius 1 is 0.561 bits per heavy atom. The molecule has 0 aliphatic heterocycles. The van der Waals surface area contributed by atoms with Gasteiger partial charge in [0, 0.05) is 13.0 Å². The minimum absolute atomic E-state index is 0.0293. The van der Waals surface area contributed by atoms with Crippen LogP contribution in [0.4, 0.5) is 0 Å². The second-order valence-corrected chi connectivity index (χ2v) is 15.8. The molecule has 0 saturated heterocycles. The first kappa shape index (κ1) is 54.6. The average Bonchev–Trinajstić information content (AvgIpc) is 3.20. The lowest BCUT2D eigenvalue weighted by Crippen LogP contribution is -2.29. The maximum atomic E-state index is 12.6. The van der Waals surface area contributed by atoms with E-state index in [1.807, 2.05) is 0 Å². The molecule has 0 bridgehead atoms. The third-order valence-corrected chi connectivity index (χ3v) is 9.77. The topological polar surface area (TPSA) is 132 Å². The minimum Gasteiger partial charge on any atom is -0.457 e. The van der Waals surface area contributed by atoms with E-state index in [4.69, 9.17) is 23.6 Å². The Labute approximate surface area is 347 Å². The lowest BCUT2D eigenvalue weighted by molar-refractivity contribution is -0.154. The van der Waals surface area contributed by atoms with Gasteiger partial charge in [0.25, 0.3) is 0 Å². The molecule has 0 saturated carbocycles. The number of esters is 1. The second-order valence-electron chi connectivity index (χ2n) is 14.3. The highest BCUT2D eigenvalue weighted by atomic mass is 31.2. The van der Waals surface area contributed by atoms with Crippen molar-refractivity contribution in [3.63, 3.8) is 0 Å². The Morgan fingerprint density at radius 2 is 1.00 bits per heavy atom. The zero-order valence-corrected chi connectivity index (χ0v) is 36.7. The summed E-state index contributed by atoms with van der Waals surface area (Å²) in [6, 6.07) is 0. The van der Waals surface area contributed by atoms with Crippen LogP contribution in [0.15, 0.2) is 85.1 Å². The molecule has 0 radical (unpaired) electrons. The van der Waals surface area contributed by atoms with E-state index < -0.39 is 45.8 Å². The Morgan fingerprint density at radius 3 is 1.53 bits per heavy atom. The third kappa shape index (κ3) is 43.1. The quantitative estimate of drug-likeness (QED) is 0.0239. The number of hydrogen-bond acceptors (Lipinski definition) is 8. The number of allylic oxidation sites excluding steroid dienone is 14. The second kappa shape index (κ2) is 43.2. The molecule has 0 aromatic rings. The van der Waals surface area contributed by atoms with Crippen molar-refractivity contribution >= 4 is 13.8 Å². The van der Waals surface area contributed by atoms with Crippen LogP contribution in [0, 0.1) is 0 Å². The van der Waals surface area contributed by atoms with Gasteiger partial charge >= 0.3 is 13.8 Å². The summed E-state index contributed by atoms with van der Waals surface area (Å²) in [6.07, 6.45) is 52.5. The molecular formula is C47H81O9P. The van der Waals surface area contributed by atoms with Crippen LogP contribution < -0.4 is 0 Å². The van der Waals surface area contributed by atoms with Gasteiger partial charge in [0.05, 0.1) is 26.4 Å². The van der Waals surface area contributed by atoms with Crippen LogP contribution in [0.3, 0.4) is 0 Å². The van der Waals surface area contributed by atoms with Crippen LogP contribution in [0.25, 0.3) is 0 Å². The van der Waals surface area contributed by atoms with Gasteiger partial charge in [-0.05, 0) is 89.9 Å². The van der Waals surface area contributed by atoms with Crippen molar-refractivity contribution in [2.45, 2.75) is 174 Å². The van der Waals surface area contributed by atoms with Gasteiger partial charge in [-0.2, -0.15) is 0 Å². The third-order valence-electron chi connectivity index (χ3n) is 8.81. The summed E-state index contributed by atoms with van der Waals surface area (Å²) in [5, 5.41) is 18.3. The first-order chi connectivity index (χ1) is 27.8. The first-order valence-corrected chi connectivity index (χ1v) is 23.6. The zero-order chi connectivity index (χ0) is 41.8. The Bertz CT molecular complexity index is 1160. The van der Waals surface area contributed by atoms with E-state index in [-0.39, 0.29) is 13.0 Å². The maximum Gasteiger partial charge on any atom is 0.472 e. The van der Waals surface area contributed by atoms with Crippen molar-refractivity contribution in [2.24, 2.45) is 0 Å². The molecule has 57 heavy (non-hydrogen) atoms. The Kier molecular flexibility index (Phi) is 41.4. The summed E-state index contributed by atoms with van der Waals surface area (Å²) in [7, 11) is -4.53. The molecule has 0 aliphatic rings. The number of rotatable bonds is 41. The van der Waals surface area contributed by atoms with Gasteiger partial charge in [-0.3, -0.25) is 13.8 Å². The number of aliphatic hydroxyl groups excluding tert-OH is 2. The van der Waals surface area contributed by atoms with Gasteiger partial charge in [-0.1, -0.05) is 150 Å². The molecule has 10 heteroatoms. The van der Waals surface area contributed by atoms with E-state index in [2.05, 4.69) is 98.9 Å². The van der Waals surface area contributed by atoms with Crippen LogP contribution in [0.5, 0.6) is 0 Å². The van der Waals surface area contributed by atoms with Crippen LogP contribution >= 0.6 is 7.82 Å². The number of phosphoric acid groups is 1. The van der Waals surface area contributed by atoms with Crippen LogP contribution in [0.2, 0.25) is 0 Å². The fraction of sp³-hybridized carbons (Fsp3) is 0.681. The minimum atomic E-state index is -4.53. The molecule has 0 aromatic heterocycles. The van der Waals surface area contributed by atoms with E-state index in [1.54, 1.807) is 0 Å². The smallest absolute Gasteiger partial charge is 0.457 e. The zero-order valence-electron chi connectivity index (χ0n) is 35.8. The summed E-state index contributed by atoms with van der Waals surface area (Å²) < 4.78 is 33.3. The van der Waals surface area contributed by atoms with Gasteiger partial charge in [0.15, 0.2) is 0 Å². The molecule has 0 fully saturated rings. The van der Waals surface area contributed by atoms with Gasteiger partial charge < -0.3 is 24.6 Å². The molecular weight excluding hydrogens is 739 g/mol. The van der Waals surface area contributed by atoms with Crippen molar-refractivity contribution in [1.29, 1.82) is 0 Å². The SMILES string of the molecule is CC/C=C\C/C=C\C/C=C\C/C=C\C/C=C\C/C=C\CCCCCCC(=O)OC(COCCCCCCCC/C=C\CCCCC)COP(=O)(O)OCC(O)CO. The predicted octanol–water partition coefficient (Wildman–Crippen LogP) is 12.3. The monoisotopic (exact) mass is 821 g/mol. The summed E-state index contributed by atoms with van der Waals surface area (Å²) in [6.45, 7) is 3.31. The number of phosphoric ester groups is 1. The van der Waals surface area contributed by atoms with E-state index >= 15 is 0 Å². The van der Waals surface area contributed by atoms with Crippen molar-refractivity contribution in [3.05, 3.63) is 85.1 Å². The standard InChI is InChI=1S/C47H81O9P/c1-3-5-7-9-11-13-15-17-18-19-20-21-22-23-24-25-26-27-29-31-33-35-37-39-47(50)56-46(44-55-57(51,52)54-42-45(49)41-48)43-53-40-38-36-34-32-30-28-16-14-12-10-8-6-4-2/h5,7,11-14,17-18,20-21,23-24,26-27,45-46,48-49H,3-4,6,8-10,15-16,19,22,25,28-44H2,1-2H3,(H,51,52)/b7-5-,13-11-,14-12-,18-17-,21-20-,24-23-,27-26-. The molecule has 0 spiro atoms. The van der Waals surface area contributed by atoms with E-state index in [9.17, 15) is 19.4 Å². The Hall–Kier alpha value is -2.36. The van der Waals surface area contributed by atoms with Crippen molar-refractivity contribution in [2.75, 3.05) is 33.0 Å². The van der Waals surface area contributed by atoms with E-state index in [0.717, 1.165) is 89.9 Å². The van der Waals surface area contributed by atoms with E-state index in [1.165, 1.54) is 44.9 Å². The Balaban J connectivity index is 4.24. The molecule has 9 nitrogen and oxygen atoms in total.